The van der Waals surface area contributed by atoms with E-state index in [0.717, 1.165) is 59.5 Å². The second-order valence-electron chi connectivity index (χ2n) is 20.2. The molecule has 0 spiro atoms. The van der Waals surface area contributed by atoms with Crippen LogP contribution in [0.2, 0.25) is 5.02 Å². The van der Waals surface area contributed by atoms with E-state index in [1.807, 2.05) is 64.1 Å². The van der Waals surface area contributed by atoms with Crippen LogP contribution in [0.4, 0.5) is 0 Å². The molecule has 0 unspecified atom stereocenters. The van der Waals surface area contributed by atoms with Gasteiger partial charge in [0.15, 0.2) is 5.78 Å². The van der Waals surface area contributed by atoms with Crippen LogP contribution in [0.5, 0.6) is 5.75 Å². The van der Waals surface area contributed by atoms with E-state index in [4.69, 9.17) is 21.1 Å². The summed E-state index contributed by atoms with van der Waals surface area (Å²) in [6.45, 7) is 16.1. The molecule has 15 heteroatoms. The Morgan fingerprint density at radius 3 is 2.33 bits per heavy atom. The smallest absolute Gasteiger partial charge is 0.251 e. The third-order valence-corrected chi connectivity index (χ3v) is 14.5. The number of pyridine rings is 1. The number of nitrogens with zero attached hydrogens (tertiary/aromatic N) is 4. The number of nitriles is 1. The van der Waals surface area contributed by atoms with Crippen LogP contribution in [-0.4, -0.2) is 93.6 Å². The van der Waals surface area contributed by atoms with Gasteiger partial charge < -0.3 is 30.1 Å². The molecule has 1 aliphatic carbocycles. The molecule has 2 fully saturated rings. The molecule has 2 aromatic heterocycles. The van der Waals surface area contributed by atoms with Crippen LogP contribution in [0.15, 0.2) is 66.3 Å². The van der Waals surface area contributed by atoms with E-state index in [2.05, 4.69) is 54.4 Å². The third kappa shape index (κ3) is 12.5. The molecule has 3 amide bonds. The lowest BCUT2D eigenvalue weighted by atomic mass is 9.49. The van der Waals surface area contributed by atoms with Gasteiger partial charge in [-0.25, -0.2) is 4.98 Å². The summed E-state index contributed by atoms with van der Waals surface area (Å²) >= 11 is 7.79. The summed E-state index contributed by atoms with van der Waals surface area (Å²) in [5.74, 6) is -0.513. The number of halogens is 1. The maximum Gasteiger partial charge on any atom is 0.251 e. The van der Waals surface area contributed by atoms with Crippen molar-refractivity contribution < 1.29 is 33.8 Å². The van der Waals surface area contributed by atoms with Gasteiger partial charge >= 0.3 is 0 Å². The zero-order valence-electron chi connectivity index (χ0n) is 40.0. The number of aliphatic hydroxyl groups excluding tert-OH is 1. The fourth-order valence-electron chi connectivity index (χ4n) is 9.77. The minimum Gasteiger partial charge on any atom is -0.489 e. The maximum atomic E-state index is 14.0. The van der Waals surface area contributed by atoms with E-state index in [1.54, 1.807) is 41.2 Å². The Morgan fingerprint density at radius 1 is 0.985 bits per heavy atom. The minimum absolute atomic E-state index is 0.0216. The van der Waals surface area contributed by atoms with Gasteiger partial charge in [-0.05, 0) is 73.9 Å². The van der Waals surface area contributed by atoms with E-state index < -0.39 is 35.4 Å². The Hall–Kier alpha value is -5.20. The summed E-state index contributed by atoms with van der Waals surface area (Å²) < 4.78 is 12.1. The molecule has 13 nitrogen and oxygen atoms in total. The number of β-amino-alcohol motifs (C(OH)–C–C–N with tert-alkyl or cyclic N) is 1. The zero-order valence-corrected chi connectivity index (χ0v) is 41.6. The number of nitrogens with one attached hydrogen (secondary N) is 2. The second kappa shape index (κ2) is 21.8. The molecule has 1 saturated heterocycles. The predicted octanol–water partition coefficient (Wildman–Crippen LogP) is 8.46. The molecule has 3 heterocycles. The van der Waals surface area contributed by atoms with Crippen LogP contribution in [0.1, 0.15) is 120 Å². The van der Waals surface area contributed by atoms with Gasteiger partial charge in [-0.3, -0.25) is 24.2 Å². The second-order valence-corrected chi connectivity index (χ2v) is 21.5. The normalized spacial score (nSPS) is 20.0. The molecule has 4 aromatic rings. The van der Waals surface area contributed by atoms with Crippen LogP contribution in [-0.2, 0) is 32.0 Å². The number of Topliss-reactive ketones (excluding diaryl/α,β-unsaturated/α-hetero) is 1. The van der Waals surface area contributed by atoms with Crippen LogP contribution >= 0.6 is 22.9 Å². The number of ketones is 1. The molecule has 67 heavy (non-hydrogen) atoms. The van der Waals surface area contributed by atoms with Gasteiger partial charge in [0.05, 0.1) is 38.8 Å². The number of hydrogen-bond acceptors (Lipinski definition) is 11. The van der Waals surface area contributed by atoms with E-state index in [-0.39, 0.29) is 60.7 Å². The first-order valence-electron chi connectivity index (χ1n) is 23.2. The first kappa shape index (κ1) is 51.2. The molecule has 0 bridgehead atoms. The lowest BCUT2D eigenvalue weighted by Crippen LogP contribution is -2.74. The highest BCUT2D eigenvalue weighted by atomic mass is 35.5. The number of unbranched alkanes of at least 4 members (excludes halogenated alkanes) is 3. The van der Waals surface area contributed by atoms with Gasteiger partial charge in [-0.15, -0.1) is 11.3 Å². The van der Waals surface area contributed by atoms with E-state index >= 15 is 0 Å². The van der Waals surface area contributed by atoms with Crippen LogP contribution in [0.3, 0.4) is 0 Å². The number of likely N-dealkylation sites (tertiary alicyclic amines) is 1. The first-order chi connectivity index (χ1) is 31.7. The van der Waals surface area contributed by atoms with E-state index in [1.165, 1.54) is 4.90 Å². The Morgan fingerprint density at radius 2 is 1.70 bits per heavy atom. The van der Waals surface area contributed by atoms with E-state index in [9.17, 15) is 29.5 Å². The number of aromatic nitrogens is 2. The number of hydrogen-bond donors (Lipinski definition) is 3. The van der Waals surface area contributed by atoms with Crippen molar-refractivity contribution >= 4 is 46.4 Å². The summed E-state index contributed by atoms with van der Waals surface area (Å²) in [6.07, 6.45) is 5.97. The molecule has 3 N–H and O–H groups in total. The summed E-state index contributed by atoms with van der Waals surface area (Å²) in [4.78, 5) is 65.3. The van der Waals surface area contributed by atoms with Crippen molar-refractivity contribution in [3.63, 3.8) is 0 Å². The van der Waals surface area contributed by atoms with Crippen LogP contribution in [0, 0.1) is 34.5 Å². The minimum atomic E-state index is -0.922. The topological polar surface area (TPSA) is 184 Å². The van der Waals surface area contributed by atoms with Gasteiger partial charge in [0.2, 0.25) is 11.8 Å². The number of rotatable bonds is 20. The van der Waals surface area contributed by atoms with Crippen LogP contribution < -0.4 is 15.4 Å². The molecule has 2 aromatic carbocycles. The largest absolute Gasteiger partial charge is 0.489 e. The van der Waals surface area contributed by atoms with Gasteiger partial charge in [0.1, 0.15) is 30.6 Å². The van der Waals surface area contributed by atoms with E-state index in [0.29, 0.717) is 34.9 Å². The monoisotopic (exact) mass is 952 g/mol. The molecule has 1 saturated carbocycles. The van der Waals surface area contributed by atoms with Crippen molar-refractivity contribution in [3.05, 3.63) is 99.4 Å². The molecular formula is C52H65ClN6O7S. The molecule has 0 radical (unpaired) electrons. The lowest BCUT2D eigenvalue weighted by molar-refractivity contribution is -0.164. The highest BCUT2D eigenvalue weighted by Crippen LogP contribution is 2.55. The Balaban J connectivity index is 0.878. The molecular weight excluding hydrogens is 888 g/mol. The summed E-state index contributed by atoms with van der Waals surface area (Å²) in [5.41, 5.74) is 5.21. The highest BCUT2D eigenvalue weighted by molar-refractivity contribution is 7.13. The molecule has 2 aliphatic rings. The fraction of sp³-hybridized carbons (Fsp3) is 0.519. The number of carbonyl (C=O) groups excluding carboxylic acids is 4. The summed E-state index contributed by atoms with van der Waals surface area (Å²) in [5, 5.41) is 26.2. The van der Waals surface area contributed by atoms with Gasteiger partial charge in [-0.2, -0.15) is 5.26 Å². The van der Waals surface area contributed by atoms with Crippen LogP contribution in [0.25, 0.3) is 10.4 Å². The zero-order chi connectivity index (χ0) is 48.7. The first-order valence-corrected chi connectivity index (χ1v) is 24.5. The van der Waals surface area contributed by atoms with Crippen molar-refractivity contribution in [1.29, 1.82) is 5.26 Å². The number of thiazole rings is 1. The Labute approximate surface area is 404 Å². The number of carbonyl (C=O) groups is 4. The summed E-state index contributed by atoms with van der Waals surface area (Å²) in [6, 6.07) is 16.9. The number of aliphatic hydroxyl groups is 1. The molecule has 3 atom stereocenters. The molecule has 358 valence electrons. The third-order valence-electron chi connectivity index (χ3n) is 13.2. The standard InChI is InChI=1S/C52H65ClN6O7S/c1-32-44(67-31-56-32)36-18-20-37(55-28-36)21-23-42(61)41-25-38(60)29-59(41)47(64)45(50(2,3)4)57-43(62)30-65-24-12-10-9-11-13-33-14-16-34(17-15-33)46(63)58-48-51(5,6)49(52(48,7)8)66-39-22-19-35(27-54)40(53)26-39/h14-20,22,26,28,31,38,41,45,48-49,60H,9-13,21,23-25,29-30H2,1-8H3,(H,57,62)(H,58,63)/t38-,41+,45-,48?,49?/m1/s1. The van der Waals surface area contributed by atoms with Gasteiger partial charge in [-0.1, -0.05) is 91.1 Å². The van der Waals surface area contributed by atoms with Gasteiger partial charge in [0.25, 0.3) is 5.91 Å². The maximum absolute atomic E-state index is 14.0. The fourth-order valence-corrected chi connectivity index (χ4v) is 10.8. The Bertz CT molecular complexity index is 2410. The lowest BCUT2D eigenvalue weighted by Gasteiger charge is -2.63. The van der Waals surface area contributed by atoms with Crippen molar-refractivity contribution in [2.24, 2.45) is 16.2 Å². The average molecular weight is 954 g/mol. The van der Waals surface area contributed by atoms with Crippen molar-refractivity contribution in [2.45, 2.75) is 137 Å². The van der Waals surface area contributed by atoms with Crippen molar-refractivity contribution in [2.75, 3.05) is 19.8 Å². The Kier molecular flexibility index (Phi) is 16.7. The van der Waals surface area contributed by atoms with Crippen molar-refractivity contribution in [1.82, 2.24) is 25.5 Å². The molecule has 1 aliphatic heterocycles. The highest BCUT2D eigenvalue weighted by Gasteiger charge is 2.64. The summed E-state index contributed by atoms with van der Waals surface area (Å²) in [7, 11) is 0. The van der Waals surface area contributed by atoms with Gasteiger partial charge in [0, 0.05) is 71.9 Å². The molecule has 6 rings (SSSR count). The quantitative estimate of drug-likeness (QED) is 0.0727. The average Bonchev–Trinajstić information content (AvgIpc) is 3.91. The number of aryl methyl sites for hydroxylation is 3. The SMILES string of the molecule is Cc1ncsc1-c1ccc(CCC(=O)[C@@H]2C[C@@H](O)CN2C(=O)[C@@H](NC(=O)COCCCCCCc2ccc(C(=O)NC3C(C)(C)C(Oc4ccc(C#N)c(Cl)c4)C3(C)C)cc2)C(C)(C)C)nc1. The number of benzene rings is 2. The predicted molar refractivity (Wildman–Crippen MR) is 260 cm³/mol. The number of amides is 3. The van der Waals surface area contributed by atoms with Crippen molar-refractivity contribution in [3.8, 4) is 22.3 Å². The number of ether oxygens (including phenoxy) is 2.